The van der Waals surface area contributed by atoms with Crippen LogP contribution in [-0.2, 0) is 0 Å². The van der Waals surface area contributed by atoms with Gasteiger partial charge in [0.15, 0.2) is 5.11 Å². The molecule has 2 nitrogen and oxygen atoms in total. The zero-order valence-electron chi connectivity index (χ0n) is 17.1. The van der Waals surface area contributed by atoms with Crippen LogP contribution in [0.2, 0.25) is 0 Å². The Hall–Kier alpha value is -0.310. The van der Waals surface area contributed by atoms with Crippen LogP contribution in [0.15, 0.2) is 0 Å². The lowest BCUT2D eigenvalue weighted by Crippen LogP contribution is -2.55. The first kappa shape index (κ1) is 21.7. The average molecular weight is 355 g/mol. The fourth-order valence-corrected chi connectivity index (χ4v) is 4.77. The van der Waals surface area contributed by atoms with Crippen molar-refractivity contribution in [3.05, 3.63) is 0 Å². The molecule has 1 aliphatic rings. The van der Waals surface area contributed by atoms with Gasteiger partial charge in [0.2, 0.25) is 0 Å². The maximum atomic E-state index is 5.59. The Kier molecular flexibility index (Phi) is 9.63. The lowest BCUT2D eigenvalue weighted by molar-refractivity contribution is 0.132. The van der Waals surface area contributed by atoms with E-state index in [1.165, 1.54) is 57.8 Å². The smallest absolute Gasteiger partial charge is 0.166 e. The van der Waals surface area contributed by atoms with Crippen LogP contribution in [-0.4, -0.2) is 16.7 Å². The van der Waals surface area contributed by atoms with E-state index in [9.17, 15) is 0 Å². The molecule has 1 saturated carbocycles. The van der Waals surface area contributed by atoms with Crippen molar-refractivity contribution >= 4 is 17.3 Å². The number of rotatable bonds is 8. The largest absolute Gasteiger partial charge is 0.359 e. The topological polar surface area (TPSA) is 24.1 Å². The molecule has 2 unspecified atom stereocenters. The van der Waals surface area contributed by atoms with Crippen LogP contribution in [0.25, 0.3) is 0 Å². The summed E-state index contributed by atoms with van der Waals surface area (Å²) in [4.78, 5) is 0. The van der Waals surface area contributed by atoms with Gasteiger partial charge in [0, 0.05) is 11.6 Å². The maximum Gasteiger partial charge on any atom is 0.166 e. The zero-order valence-corrected chi connectivity index (χ0v) is 17.9. The Balaban J connectivity index is 2.60. The molecule has 0 radical (unpaired) electrons. The molecule has 0 bridgehead atoms. The number of hydrogen-bond acceptors (Lipinski definition) is 1. The van der Waals surface area contributed by atoms with Crippen molar-refractivity contribution in [2.75, 3.05) is 0 Å². The summed E-state index contributed by atoms with van der Waals surface area (Å²) in [6.45, 7) is 13.5. The van der Waals surface area contributed by atoms with Gasteiger partial charge in [-0.3, -0.25) is 0 Å². The molecule has 0 saturated heterocycles. The van der Waals surface area contributed by atoms with Crippen molar-refractivity contribution in [3.8, 4) is 0 Å². The number of hydrogen-bond donors (Lipinski definition) is 2. The maximum absolute atomic E-state index is 5.59. The Labute approximate surface area is 156 Å². The van der Waals surface area contributed by atoms with Crippen molar-refractivity contribution in [2.45, 2.75) is 111 Å². The summed E-state index contributed by atoms with van der Waals surface area (Å²) in [5, 5.41) is 7.97. The molecule has 3 heteroatoms. The molecule has 0 aromatic carbocycles. The van der Waals surface area contributed by atoms with Gasteiger partial charge >= 0.3 is 0 Å². The molecule has 142 valence electrons. The Bertz CT molecular complexity index is 347. The molecule has 0 aromatic heterocycles. The van der Waals surface area contributed by atoms with Gasteiger partial charge in [-0.1, -0.05) is 65.7 Å². The van der Waals surface area contributed by atoms with Crippen LogP contribution in [0.1, 0.15) is 99.3 Å². The third kappa shape index (κ3) is 7.72. The van der Waals surface area contributed by atoms with Crippen molar-refractivity contribution < 1.29 is 0 Å². The van der Waals surface area contributed by atoms with Gasteiger partial charge in [-0.15, -0.1) is 0 Å². The van der Waals surface area contributed by atoms with Gasteiger partial charge in [0.05, 0.1) is 0 Å². The second-order valence-electron chi connectivity index (χ2n) is 8.90. The van der Waals surface area contributed by atoms with Gasteiger partial charge in [-0.05, 0) is 63.6 Å². The highest BCUT2D eigenvalue weighted by atomic mass is 32.1. The molecule has 0 aromatic rings. The minimum atomic E-state index is 0.0317. The van der Waals surface area contributed by atoms with E-state index in [0.29, 0.717) is 6.04 Å². The summed E-state index contributed by atoms with van der Waals surface area (Å²) in [6.07, 6.45) is 12.3. The Morgan fingerprint density at radius 2 is 1.54 bits per heavy atom. The standard InChI is InChI=1S/C21H42N2S/c1-7-10-11-12-13-16-14-17(8-2)19(18(9-3)15-16)22-20(24)23-21(4,5)6/h16-19H,7-15H2,1-6H3,(H2,22,23,24). The molecule has 1 aliphatic carbocycles. The highest BCUT2D eigenvalue weighted by Crippen LogP contribution is 2.39. The van der Waals surface area contributed by atoms with Crippen LogP contribution in [0.3, 0.4) is 0 Å². The van der Waals surface area contributed by atoms with Crippen LogP contribution < -0.4 is 10.6 Å². The molecule has 2 N–H and O–H groups in total. The van der Waals surface area contributed by atoms with Gasteiger partial charge in [0.1, 0.15) is 0 Å². The molecule has 0 heterocycles. The van der Waals surface area contributed by atoms with Crippen LogP contribution in [0, 0.1) is 17.8 Å². The fraction of sp³-hybridized carbons (Fsp3) is 0.952. The molecule has 2 atom stereocenters. The van der Waals surface area contributed by atoms with Gasteiger partial charge < -0.3 is 10.6 Å². The van der Waals surface area contributed by atoms with Crippen molar-refractivity contribution in [1.29, 1.82) is 0 Å². The van der Waals surface area contributed by atoms with E-state index in [4.69, 9.17) is 12.2 Å². The van der Waals surface area contributed by atoms with E-state index in [2.05, 4.69) is 52.2 Å². The third-order valence-electron chi connectivity index (χ3n) is 5.59. The summed E-state index contributed by atoms with van der Waals surface area (Å²) >= 11 is 5.59. The summed E-state index contributed by atoms with van der Waals surface area (Å²) in [5.74, 6) is 2.46. The molecular weight excluding hydrogens is 312 g/mol. The van der Waals surface area contributed by atoms with E-state index in [1.807, 2.05) is 0 Å². The summed E-state index contributed by atoms with van der Waals surface area (Å²) in [5.41, 5.74) is 0.0317. The Morgan fingerprint density at radius 3 is 2.00 bits per heavy atom. The average Bonchev–Trinajstić information content (AvgIpc) is 2.50. The van der Waals surface area contributed by atoms with Crippen LogP contribution in [0.4, 0.5) is 0 Å². The highest BCUT2D eigenvalue weighted by molar-refractivity contribution is 7.80. The van der Waals surface area contributed by atoms with E-state index in [0.717, 1.165) is 22.9 Å². The van der Waals surface area contributed by atoms with Crippen LogP contribution >= 0.6 is 12.2 Å². The molecule has 24 heavy (non-hydrogen) atoms. The monoisotopic (exact) mass is 354 g/mol. The van der Waals surface area contributed by atoms with Crippen molar-refractivity contribution in [3.63, 3.8) is 0 Å². The van der Waals surface area contributed by atoms with Gasteiger partial charge in [-0.2, -0.15) is 0 Å². The summed E-state index contributed by atoms with van der Waals surface area (Å²) in [6, 6.07) is 0.550. The molecule has 1 fully saturated rings. The minimum Gasteiger partial charge on any atom is -0.359 e. The van der Waals surface area contributed by atoms with Crippen molar-refractivity contribution in [1.82, 2.24) is 10.6 Å². The molecule has 0 spiro atoms. The fourth-order valence-electron chi connectivity index (χ4n) is 4.33. The van der Waals surface area contributed by atoms with E-state index < -0.39 is 0 Å². The van der Waals surface area contributed by atoms with Gasteiger partial charge in [0.25, 0.3) is 0 Å². The van der Waals surface area contributed by atoms with Gasteiger partial charge in [-0.25, -0.2) is 0 Å². The summed E-state index contributed by atoms with van der Waals surface area (Å²) < 4.78 is 0. The third-order valence-corrected chi connectivity index (χ3v) is 5.81. The molecule has 0 amide bonds. The molecule has 1 rings (SSSR count). The van der Waals surface area contributed by atoms with E-state index in [-0.39, 0.29) is 5.54 Å². The first-order valence-corrected chi connectivity index (χ1v) is 10.8. The van der Waals surface area contributed by atoms with Crippen LogP contribution in [0.5, 0.6) is 0 Å². The second kappa shape index (κ2) is 10.6. The lowest BCUT2D eigenvalue weighted by Gasteiger charge is -2.43. The van der Waals surface area contributed by atoms with Crippen molar-refractivity contribution in [2.24, 2.45) is 17.8 Å². The second-order valence-corrected chi connectivity index (χ2v) is 9.31. The first-order chi connectivity index (χ1) is 11.3. The first-order valence-electron chi connectivity index (χ1n) is 10.4. The predicted octanol–water partition coefficient (Wildman–Crippen LogP) is 6.05. The number of thiocarbonyl (C=S) groups is 1. The molecule has 0 aliphatic heterocycles. The molecular formula is C21H42N2S. The number of nitrogens with one attached hydrogen (secondary N) is 2. The van der Waals surface area contributed by atoms with E-state index in [1.54, 1.807) is 0 Å². The quantitative estimate of drug-likeness (QED) is 0.410. The predicted molar refractivity (Wildman–Crippen MR) is 111 cm³/mol. The SMILES string of the molecule is CCCCCCC1CC(CC)C(NC(=S)NC(C)(C)C)C(CC)C1. The Morgan fingerprint density at radius 1 is 0.958 bits per heavy atom. The highest BCUT2D eigenvalue weighted by Gasteiger charge is 2.36. The lowest BCUT2D eigenvalue weighted by atomic mass is 9.68. The number of unbranched alkanes of at least 4 members (excludes halogenated alkanes) is 3. The minimum absolute atomic E-state index is 0.0317. The van der Waals surface area contributed by atoms with E-state index >= 15 is 0 Å². The zero-order chi connectivity index (χ0) is 18.2. The summed E-state index contributed by atoms with van der Waals surface area (Å²) in [7, 11) is 0. The normalized spacial score (nSPS) is 27.8.